The van der Waals surface area contributed by atoms with E-state index in [9.17, 15) is 18.0 Å². The summed E-state index contributed by atoms with van der Waals surface area (Å²) in [6, 6.07) is 4.42. The maximum atomic E-state index is 12.8. The number of nitrogens with two attached hydrogens (primary N) is 1. The maximum absolute atomic E-state index is 12.8. The van der Waals surface area contributed by atoms with Crippen LogP contribution in [0, 0.1) is 4.77 Å². The fraction of sp³-hybridized carbons (Fsp3) is 0.231. The topological polar surface area (TPSA) is 108 Å². The zero-order valence-electron chi connectivity index (χ0n) is 12.7. The van der Waals surface area contributed by atoms with E-state index < -0.39 is 17.9 Å². The summed E-state index contributed by atoms with van der Waals surface area (Å²) in [5, 5.41) is 8.82. The van der Waals surface area contributed by atoms with Crippen LogP contribution < -0.4 is 15.2 Å². The molecule has 2 rings (SSSR count). The fourth-order valence-electron chi connectivity index (χ4n) is 1.74. The van der Waals surface area contributed by atoms with E-state index >= 15 is 0 Å². The smallest absolute Gasteiger partial charge is 0.453 e. The Hall–Kier alpha value is -2.89. The first-order valence-electron chi connectivity index (χ1n) is 6.60. The van der Waals surface area contributed by atoms with E-state index in [1.165, 1.54) is 25.3 Å². The summed E-state index contributed by atoms with van der Waals surface area (Å²) in [5.74, 6) is -1.45. The number of H-pyrrole nitrogens is 1. The van der Waals surface area contributed by atoms with E-state index in [-0.39, 0.29) is 22.9 Å². The SMILES string of the molecule is COc1cc(/C=N\n2c(C(F)(F)F)n[nH]c2=S)ccc1OCC(N)=O. The number of nitrogens with one attached hydrogen (secondary N) is 1. The number of rotatable bonds is 6. The van der Waals surface area contributed by atoms with Gasteiger partial charge in [-0.05, 0) is 36.0 Å². The summed E-state index contributed by atoms with van der Waals surface area (Å²) < 4.78 is 48.8. The molecule has 0 radical (unpaired) electrons. The Morgan fingerprint density at radius 2 is 2.20 bits per heavy atom. The molecule has 0 aliphatic rings. The Balaban J connectivity index is 2.29. The van der Waals surface area contributed by atoms with Crippen LogP contribution in [0.3, 0.4) is 0 Å². The molecule has 12 heteroatoms. The number of carbonyl (C=O) groups excluding carboxylic acids is 1. The predicted octanol–water partition coefficient (Wildman–Crippen LogP) is 1.71. The van der Waals surface area contributed by atoms with Crippen molar-refractivity contribution in [1.82, 2.24) is 14.9 Å². The second kappa shape index (κ2) is 7.34. The molecular formula is C13H12F3N5O3S. The number of alkyl halides is 3. The summed E-state index contributed by atoms with van der Waals surface area (Å²) in [6.07, 6.45) is -3.57. The lowest BCUT2D eigenvalue weighted by molar-refractivity contribution is -0.147. The number of hydrogen-bond donors (Lipinski definition) is 2. The fourth-order valence-corrected chi connectivity index (χ4v) is 1.92. The molecule has 1 amide bonds. The standard InChI is InChI=1S/C13H12F3N5O3S/c1-23-9-4-7(2-3-8(9)24-6-10(17)22)5-18-21-11(13(14,15)16)19-20-12(21)25/h2-5H,6H2,1H3,(H2,17,22)(H,20,25)/b18-5-. The molecule has 2 aromatic rings. The molecule has 1 heterocycles. The Morgan fingerprint density at radius 1 is 1.48 bits per heavy atom. The summed E-state index contributed by atoms with van der Waals surface area (Å²) in [5.41, 5.74) is 5.39. The highest BCUT2D eigenvalue weighted by Crippen LogP contribution is 2.28. The largest absolute Gasteiger partial charge is 0.493 e. The van der Waals surface area contributed by atoms with Crippen molar-refractivity contribution >= 4 is 24.3 Å². The van der Waals surface area contributed by atoms with Gasteiger partial charge in [-0.1, -0.05) is 0 Å². The molecule has 0 atom stereocenters. The third-order valence-corrected chi connectivity index (χ3v) is 3.05. The number of halogens is 3. The number of ether oxygens (including phenoxy) is 2. The van der Waals surface area contributed by atoms with Crippen molar-refractivity contribution in [1.29, 1.82) is 0 Å². The van der Waals surface area contributed by atoms with Crippen molar-refractivity contribution in [3.05, 3.63) is 34.4 Å². The highest BCUT2D eigenvalue weighted by molar-refractivity contribution is 7.71. The first-order valence-corrected chi connectivity index (χ1v) is 7.01. The lowest BCUT2D eigenvalue weighted by atomic mass is 10.2. The molecular weight excluding hydrogens is 363 g/mol. The van der Waals surface area contributed by atoms with Crippen molar-refractivity contribution in [2.45, 2.75) is 6.18 Å². The van der Waals surface area contributed by atoms with Gasteiger partial charge in [0, 0.05) is 0 Å². The molecule has 0 aliphatic carbocycles. The number of methoxy groups -OCH3 is 1. The Kier molecular flexibility index (Phi) is 5.41. The average molecular weight is 375 g/mol. The van der Waals surface area contributed by atoms with Crippen LogP contribution in [0.15, 0.2) is 23.3 Å². The van der Waals surface area contributed by atoms with Crippen molar-refractivity contribution < 1.29 is 27.4 Å². The number of hydrogen-bond acceptors (Lipinski definition) is 6. The quantitative estimate of drug-likeness (QED) is 0.590. The van der Waals surface area contributed by atoms with Gasteiger partial charge in [0.05, 0.1) is 13.3 Å². The van der Waals surface area contributed by atoms with Gasteiger partial charge in [-0.15, -0.1) is 5.10 Å². The van der Waals surface area contributed by atoms with Gasteiger partial charge < -0.3 is 15.2 Å². The molecule has 134 valence electrons. The molecule has 0 bridgehead atoms. The minimum absolute atomic E-state index is 0.245. The Labute approximate surface area is 144 Å². The van der Waals surface area contributed by atoms with Crippen LogP contribution in [0.25, 0.3) is 0 Å². The van der Waals surface area contributed by atoms with Crippen molar-refractivity contribution in [3.8, 4) is 11.5 Å². The highest BCUT2D eigenvalue weighted by atomic mass is 32.1. The minimum Gasteiger partial charge on any atom is -0.493 e. The van der Waals surface area contributed by atoms with Gasteiger partial charge in [0.25, 0.3) is 11.7 Å². The number of aromatic nitrogens is 3. The normalized spacial score (nSPS) is 11.7. The molecule has 8 nitrogen and oxygen atoms in total. The molecule has 3 N–H and O–H groups in total. The van der Waals surface area contributed by atoms with Gasteiger partial charge in [0.1, 0.15) is 0 Å². The summed E-state index contributed by atoms with van der Waals surface area (Å²) in [7, 11) is 1.36. The van der Waals surface area contributed by atoms with E-state index in [1.807, 2.05) is 5.10 Å². The van der Waals surface area contributed by atoms with Crippen LogP contribution in [0.1, 0.15) is 11.4 Å². The van der Waals surface area contributed by atoms with E-state index in [0.717, 1.165) is 6.21 Å². The molecule has 1 aromatic heterocycles. The molecule has 0 fully saturated rings. The maximum Gasteiger partial charge on any atom is 0.453 e. The summed E-state index contributed by atoms with van der Waals surface area (Å²) in [4.78, 5) is 10.7. The minimum atomic E-state index is -4.71. The number of nitrogens with zero attached hydrogens (tertiary/aromatic N) is 3. The van der Waals surface area contributed by atoms with E-state index in [4.69, 9.17) is 27.4 Å². The lowest BCUT2D eigenvalue weighted by Gasteiger charge is -2.10. The zero-order valence-corrected chi connectivity index (χ0v) is 13.5. The Morgan fingerprint density at radius 3 is 2.80 bits per heavy atom. The second-order valence-corrected chi connectivity index (χ2v) is 4.96. The number of carbonyl (C=O) groups is 1. The molecule has 1 aromatic carbocycles. The number of amides is 1. The highest BCUT2D eigenvalue weighted by Gasteiger charge is 2.37. The summed E-state index contributed by atoms with van der Waals surface area (Å²) >= 11 is 4.73. The van der Waals surface area contributed by atoms with E-state index in [2.05, 4.69) is 10.2 Å². The number of aromatic amines is 1. The average Bonchev–Trinajstić information content (AvgIpc) is 2.92. The van der Waals surface area contributed by atoms with Crippen LogP contribution in [-0.2, 0) is 11.0 Å². The zero-order chi connectivity index (χ0) is 18.6. The lowest BCUT2D eigenvalue weighted by Crippen LogP contribution is -2.20. The van der Waals surface area contributed by atoms with Gasteiger partial charge in [-0.25, -0.2) is 5.10 Å². The van der Waals surface area contributed by atoms with E-state index in [0.29, 0.717) is 10.2 Å². The molecule has 0 saturated heterocycles. The Bertz CT molecular complexity index is 859. The molecule has 0 aliphatic heterocycles. The van der Waals surface area contributed by atoms with Crippen LogP contribution in [0.2, 0.25) is 0 Å². The van der Waals surface area contributed by atoms with E-state index in [1.54, 1.807) is 0 Å². The molecule has 25 heavy (non-hydrogen) atoms. The van der Waals surface area contributed by atoms with Crippen molar-refractivity contribution in [3.63, 3.8) is 0 Å². The third-order valence-electron chi connectivity index (χ3n) is 2.78. The third kappa shape index (κ3) is 4.56. The first-order chi connectivity index (χ1) is 11.7. The van der Waals surface area contributed by atoms with Gasteiger partial charge in [0.2, 0.25) is 4.77 Å². The molecule has 0 unspecified atom stereocenters. The van der Waals surface area contributed by atoms with Crippen LogP contribution in [0.5, 0.6) is 11.5 Å². The van der Waals surface area contributed by atoms with Gasteiger partial charge in [0.15, 0.2) is 18.1 Å². The van der Waals surface area contributed by atoms with Crippen LogP contribution in [0.4, 0.5) is 13.2 Å². The van der Waals surface area contributed by atoms with Crippen LogP contribution >= 0.6 is 12.2 Å². The molecule has 0 spiro atoms. The number of primary amides is 1. The molecule has 0 saturated carbocycles. The van der Waals surface area contributed by atoms with Crippen molar-refractivity contribution in [2.24, 2.45) is 10.8 Å². The number of benzene rings is 1. The van der Waals surface area contributed by atoms with Gasteiger partial charge in [-0.2, -0.15) is 22.9 Å². The first kappa shape index (κ1) is 18.4. The van der Waals surface area contributed by atoms with Crippen molar-refractivity contribution in [2.75, 3.05) is 13.7 Å². The predicted molar refractivity (Wildman–Crippen MR) is 83.1 cm³/mol. The van der Waals surface area contributed by atoms with Gasteiger partial charge >= 0.3 is 6.18 Å². The van der Waals surface area contributed by atoms with Gasteiger partial charge in [-0.3, -0.25) is 4.79 Å². The monoisotopic (exact) mass is 375 g/mol. The van der Waals surface area contributed by atoms with Crippen LogP contribution in [-0.4, -0.2) is 40.7 Å². The second-order valence-electron chi connectivity index (χ2n) is 4.57. The summed E-state index contributed by atoms with van der Waals surface area (Å²) in [6.45, 7) is -0.344.